The number of halogens is 1. The van der Waals surface area contributed by atoms with Crippen LogP contribution in [-0.4, -0.2) is 31.4 Å². The summed E-state index contributed by atoms with van der Waals surface area (Å²) in [5, 5.41) is 3.19. The number of nitrogens with zero attached hydrogens (tertiary/aromatic N) is 1. The molecule has 0 spiro atoms. The summed E-state index contributed by atoms with van der Waals surface area (Å²) in [5.41, 5.74) is 7.49. The maximum atomic E-state index is 5.43. The van der Waals surface area contributed by atoms with E-state index in [2.05, 4.69) is 32.2 Å². The predicted molar refractivity (Wildman–Crippen MR) is 77.6 cm³/mol. The van der Waals surface area contributed by atoms with Crippen molar-refractivity contribution < 1.29 is 4.74 Å². The van der Waals surface area contributed by atoms with Gasteiger partial charge in [-0.3, -0.25) is 0 Å². The van der Waals surface area contributed by atoms with E-state index in [4.69, 9.17) is 22.7 Å². The van der Waals surface area contributed by atoms with E-state index in [0.717, 1.165) is 36.5 Å². The molecule has 6 heteroatoms. The summed E-state index contributed by atoms with van der Waals surface area (Å²) in [6.45, 7) is 3.39. The molecule has 1 fully saturated rings. The highest BCUT2D eigenvalue weighted by Crippen LogP contribution is 2.29. The van der Waals surface area contributed by atoms with Gasteiger partial charge < -0.3 is 20.7 Å². The van der Waals surface area contributed by atoms with Crippen LogP contribution in [0.15, 0.2) is 22.7 Å². The Kier molecular flexibility index (Phi) is 4.20. The lowest BCUT2D eigenvalue weighted by molar-refractivity contribution is 0.122. The Balaban J connectivity index is 2.15. The maximum Gasteiger partial charge on any atom is 0.168 e. The Morgan fingerprint density at radius 1 is 1.41 bits per heavy atom. The minimum atomic E-state index is 0.274. The molecule has 4 nitrogen and oxygen atoms in total. The molecule has 17 heavy (non-hydrogen) atoms. The number of anilines is 2. The molecule has 0 aliphatic carbocycles. The van der Waals surface area contributed by atoms with Crippen molar-refractivity contribution in [2.45, 2.75) is 0 Å². The van der Waals surface area contributed by atoms with Gasteiger partial charge in [0, 0.05) is 23.2 Å². The minimum Gasteiger partial charge on any atom is -0.378 e. The predicted octanol–water partition coefficient (Wildman–Crippen LogP) is 1.94. The molecule has 3 N–H and O–H groups in total. The van der Waals surface area contributed by atoms with E-state index in [1.54, 1.807) is 0 Å². The average molecular weight is 316 g/mol. The van der Waals surface area contributed by atoms with Crippen LogP contribution in [0.4, 0.5) is 11.4 Å². The zero-order valence-electron chi connectivity index (χ0n) is 9.28. The molecular formula is C11H14BrN3OS. The fourth-order valence-electron chi connectivity index (χ4n) is 1.79. The normalized spacial score (nSPS) is 15.7. The zero-order chi connectivity index (χ0) is 12.3. The smallest absolute Gasteiger partial charge is 0.168 e. The number of ether oxygens (including phenoxy) is 1. The molecule has 1 aliphatic heterocycles. The third-order valence-corrected chi connectivity index (χ3v) is 3.30. The summed E-state index contributed by atoms with van der Waals surface area (Å²) in [6, 6.07) is 5.99. The number of hydrogen-bond acceptors (Lipinski definition) is 3. The highest BCUT2D eigenvalue weighted by atomic mass is 79.9. The van der Waals surface area contributed by atoms with Crippen molar-refractivity contribution >= 4 is 44.6 Å². The highest BCUT2D eigenvalue weighted by molar-refractivity contribution is 9.10. The SMILES string of the molecule is NC(=S)Nc1ccc(N2CCOCC2)c(Br)c1. The number of rotatable bonds is 2. The number of benzene rings is 1. The molecule has 1 aliphatic rings. The fourth-order valence-corrected chi connectivity index (χ4v) is 2.54. The van der Waals surface area contributed by atoms with Crippen LogP contribution in [0.25, 0.3) is 0 Å². The third kappa shape index (κ3) is 3.31. The second-order valence-corrected chi connectivity index (χ2v) is 5.05. The van der Waals surface area contributed by atoms with Crippen LogP contribution in [0.1, 0.15) is 0 Å². The monoisotopic (exact) mass is 315 g/mol. The van der Waals surface area contributed by atoms with E-state index in [-0.39, 0.29) is 5.11 Å². The van der Waals surface area contributed by atoms with Crippen molar-refractivity contribution in [2.24, 2.45) is 5.73 Å². The van der Waals surface area contributed by atoms with E-state index in [0.29, 0.717) is 0 Å². The Hall–Kier alpha value is -0.850. The second-order valence-electron chi connectivity index (χ2n) is 3.75. The van der Waals surface area contributed by atoms with Crippen molar-refractivity contribution in [1.29, 1.82) is 0 Å². The maximum absolute atomic E-state index is 5.43. The van der Waals surface area contributed by atoms with E-state index in [1.165, 1.54) is 5.69 Å². The summed E-state index contributed by atoms with van der Waals surface area (Å²) in [5.74, 6) is 0. The number of thiocarbonyl (C=S) groups is 1. The lowest BCUT2D eigenvalue weighted by Crippen LogP contribution is -2.36. The van der Waals surface area contributed by atoms with Gasteiger partial charge in [-0.15, -0.1) is 0 Å². The van der Waals surface area contributed by atoms with Gasteiger partial charge in [0.2, 0.25) is 0 Å². The van der Waals surface area contributed by atoms with Gasteiger partial charge >= 0.3 is 0 Å². The summed E-state index contributed by atoms with van der Waals surface area (Å²) in [4.78, 5) is 2.29. The van der Waals surface area contributed by atoms with Crippen LogP contribution in [-0.2, 0) is 4.74 Å². The van der Waals surface area contributed by atoms with Crippen molar-refractivity contribution in [2.75, 3.05) is 36.5 Å². The minimum absolute atomic E-state index is 0.274. The zero-order valence-corrected chi connectivity index (χ0v) is 11.7. The van der Waals surface area contributed by atoms with Crippen molar-refractivity contribution in [3.8, 4) is 0 Å². The molecule has 0 unspecified atom stereocenters. The van der Waals surface area contributed by atoms with Gasteiger partial charge in [-0.1, -0.05) is 0 Å². The first-order valence-corrected chi connectivity index (χ1v) is 6.55. The third-order valence-electron chi connectivity index (χ3n) is 2.57. The van der Waals surface area contributed by atoms with Gasteiger partial charge in [-0.25, -0.2) is 0 Å². The molecule has 0 radical (unpaired) electrons. The molecule has 0 amide bonds. The Bertz CT molecular complexity index is 421. The molecule has 0 bridgehead atoms. The molecule has 0 saturated carbocycles. The van der Waals surface area contributed by atoms with Gasteiger partial charge in [0.25, 0.3) is 0 Å². The number of nitrogens with one attached hydrogen (secondary N) is 1. The van der Waals surface area contributed by atoms with Gasteiger partial charge in [0.1, 0.15) is 0 Å². The number of morpholine rings is 1. The van der Waals surface area contributed by atoms with Crippen molar-refractivity contribution in [1.82, 2.24) is 0 Å². The first-order valence-electron chi connectivity index (χ1n) is 5.35. The summed E-state index contributed by atoms with van der Waals surface area (Å²) < 4.78 is 6.36. The van der Waals surface area contributed by atoms with Crippen LogP contribution in [0.3, 0.4) is 0 Å². The van der Waals surface area contributed by atoms with Crippen LogP contribution >= 0.6 is 28.1 Å². The van der Waals surface area contributed by atoms with Gasteiger partial charge in [0.05, 0.1) is 18.9 Å². The largest absolute Gasteiger partial charge is 0.378 e. The van der Waals surface area contributed by atoms with Crippen molar-refractivity contribution in [3.05, 3.63) is 22.7 Å². The van der Waals surface area contributed by atoms with Crippen LogP contribution in [0.5, 0.6) is 0 Å². The van der Waals surface area contributed by atoms with E-state index in [9.17, 15) is 0 Å². The molecule has 0 aromatic heterocycles. The quantitative estimate of drug-likeness (QED) is 0.817. The molecular weight excluding hydrogens is 302 g/mol. The number of nitrogens with two attached hydrogens (primary N) is 1. The van der Waals surface area contributed by atoms with Crippen LogP contribution in [0.2, 0.25) is 0 Å². The average Bonchev–Trinajstić information content (AvgIpc) is 2.29. The van der Waals surface area contributed by atoms with E-state index in [1.807, 2.05) is 12.1 Å². The molecule has 1 saturated heterocycles. The van der Waals surface area contributed by atoms with E-state index < -0.39 is 0 Å². The lowest BCUT2D eigenvalue weighted by atomic mass is 10.2. The van der Waals surface area contributed by atoms with Crippen molar-refractivity contribution in [3.63, 3.8) is 0 Å². The number of hydrogen-bond donors (Lipinski definition) is 2. The fraction of sp³-hybridized carbons (Fsp3) is 0.364. The Morgan fingerprint density at radius 3 is 2.71 bits per heavy atom. The highest BCUT2D eigenvalue weighted by Gasteiger charge is 2.13. The van der Waals surface area contributed by atoms with Gasteiger partial charge in [-0.2, -0.15) is 0 Å². The lowest BCUT2D eigenvalue weighted by Gasteiger charge is -2.29. The Morgan fingerprint density at radius 2 is 2.12 bits per heavy atom. The standard InChI is InChI=1S/C11H14BrN3OS/c12-9-7-8(14-11(13)17)1-2-10(9)15-3-5-16-6-4-15/h1-2,7H,3-6H2,(H3,13,14,17). The molecule has 0 atom stereocenters. The first-order chi connectivity index (χ1) is 8.16. The molecule has 92 valence electrons. The topological polar surface area (TPSA) is 50.5 Å². The first kappa shape index (κ1) is 12.6. The van der Waals surface area contributed by atoms with Crippen LogP contribution in [0, 0.1) is 0 Å². The van der Waals surface area contributed by atoms with Gasteiger partial charge in [-0.05, 0) is 46.3 Å². The molecule has 1 aromatic rings. The molecule has 1 heterocycles. The van der Waals surface area contributed by atoms with E-state index >= 15 is 0 Å². The van der Waals surface area contributed by atoms with Crippen LogP contribution < -0.4 is 16.0 Å². The summed E-state index contributed by atoms with van der Waals surface area (Å²) in [7, 11) is 0. The molecule has 1 aromatic carbocycles. The molecule has 2 rings (SSSR count). The summed E-state index contributed by atoms with van der Waals surface area (Å²) in [6.07, 6.45) is 0. The summed E-state index contributed by atoms with van der Waals surface area (Å²) >= 11 is 8.37. The van der Waals surface area contributed by atoms with Gasteiger partial charge in [0.15, 0.2) is 5.11 Å². The second kappa shape index (κ2) is 5.66. The Labute approximate surface area is 114 Å².